The number of nitrogens with one attached hydrogen (secondary N) is 1. The van der Waals surface area contributed by atoms with Gasteiger partial charge in [0.1, 0.15) is 0 Å². The first-order valence-corrected chi connectivity index (χ1v) is 6.74. The summed E-state index contributed by atoms with van der Waals surface area (Å²) >= 11 is 0. The zero-order valence-electron chi connectivity index (χ0n) is 11.8. The van der Waals surface area contributed by atoms with Crippen molar-refractivity contribution in [3.63, 3.8) is 0 Å². The van der Waals surface area contributed by atoms with E-state index in [1.807, 2.05) is 6.07 Å². The smallest absolute Gasteiger partial charge is 0.244 e. The van der Waals surface area contributed by atoms with Gasteiger partial charge in [0.15, 0.2) is 11.5 Å². The largest absolute Gasteiger partial charge is 0.454 e. The van der Waals surface area contributed by atoms with Gasteiger partial charge in [-0.15, -0.1) is 0 Å². The summed E-state index contributed by atoms with van der Waals surface area (Å²) in [5, 5.41) is 21.2. The average molecular weight is 293 g/mol. The molecule has 1 aromatic rings. The second kappa shape index (κ2) is 6.60. The first kappa shape index (κ1) is 15.3. The van der Waals surface area contributed by atoms with Crippen LogP contribution in [0.4, 0.5) is 0 Å². The molecule has 0 fully saturated rings. The van der Waals surface area contributed by atoms with Gasteiger partial charge in [0.25, 0.3) is 0 Å². The summed E-state index contributed by atoms with van der Waals surface area (Å²) < 4.78 is 10.5. The van der Waals surface area contributed by atoms with E-state index in [1.165, 1.54) is 6.08 Å². The lowest BCUT2D eigenvalue weighted by atomic mass is 9.98. The van der Waals surface area contributed by atoms with Crippen LogP contribution in [0.25, 0.3) is 6.08 Å². The maximum absolute atomic E-state index is 11.9. The molecule has 6 heteroatoms. The van der Waals surface area contributed by atoms with Gasteiger partial charge in [-0.3, -0.25) is 4.79 Å². The van der Waals surface area contributed by atoms with Gasteiger partial charge in [0.2, 0.25) is 12.7 Å². The standard InChI is InChI=1S/C15H19NO5/c1-2-15(8-17,9-18)16-14(19)6-4-11-3-5-12-13(7-11)21-10-20-12/h3-7,17-18H,2,8-10H2,1H3,(H,16,19)/b6-4+. The average Bonchev–Trinajstić information content (AvgIpc) is 2.98. The van der Waals surface area contributed by atoms with Crippen LogP contribution in [0.5, 0.6) is 11.5 Å². The third kappa shape index (κ3) is 3.53. The molecule has 0 unspecified atom stereocenters. The van der Waals surface area contributed by atoms with E-state index in [-0.39, 0.29) is 25.9 Å². The number of fused-ring (bicyclic) bond motifs is 1. The van der Waals surface area contributed by atoms with Gasteiger partial charge in [0.05, 0.1) is 18.8 Å². The van der Waals surface area contributed by atoms with E-state index in [1.54, 1.807) is 25.1 Å². The summed E-state index contributed by atoms with van der Waals surface area (Å²) in [6.07, 6.45) is 3.42. The lowest BCUT2D eigenvalue weighted by Gasteiger charge is -2.28. The Morgan fingerprint density at radius 2 is 2.05 bits per heavy atom. The molecule has 1 heterocycles. The maximum atomic E-state index is 11.9. The number of carbonyl (C=O) groups is 1. The Hall–Kier alpha value is -2.05. The molecule has 0 atom stereocenters. The molecule has 1 aliphatic rings. The van der Waals surface area contributed by atoms with Crippen LogP contribution in [0, 0.1) is 0 Å². The number of rotatable bonds is 6. The molecule has 0 radical (unpaired) electrons. The van der Waals surface area contributed by atoms with Gasteiger partial charge >= 0.3 is 0 Å². The maximum Gasteiger partial charge on any atom is 0.244 e. The topological polar surface area (TPSA) is 88.0 Å². The van der Waals surface area contributed by atoms with Crippen LogP contribution in [0.2, 0.25) is 0 Å². The third-order valence-electron chi connectivity index (χ3n) is 3.49. The quantitative estimate of drug-likeness (QED) is 0.671. The summed E-state index contributed by atoms with van der Waals surface area (Å²) in [6.45, 7) is 1.36. The van der Waals surface area contributed by atoms with Crippen LogP contribution in [0.1, 0.15) is 18.9 Å². The number of carbonyl (C=O) groups excluding carboxylic acids is 1. The van der Waals surface area contributed by atoms with Crippen LogP contribution < -0.4 is 14.8 Å². The molecule has 0 spiro atoms. The van der Waals surface area contributed by atoms with Gasteiger partial charge in [0, 0.05) is 6.08 Å². The Labute approximate surface area is 123 Å². The molecule has 3 N–H and O–H groups in total. The summed E-state index contributed by atoms with van der Waals surface area (Å²) in [6, 6.07) is 5.36. The molecule has 6 nitrogen and oxygen atoms in total. The molecule has 0 bridgehead atoms. The van der Waals surface area contributed by atoms with E-state index in [2.05, 4.69) is 5.32 Å². The van der Waals surface area contributed by atoms with Crippen LogP contribution in [-0.2, 0) is 4.79 Å². The fourth-order valence-electron chi connectivity index (χ4n) is 1.93. The lowest BCUT2D eigenvalue weighted by Crippen LogP contribution is -2.53. The Kier molecular flexibility index (Phi) is 4.82. The van der Waals surface area contributed by atoms with E-state index in [4.69, 9.17) is 9.47 Å². The Morgan fingerprint density at radius 1 is 1.33 bits per heavy atom. The molecule has 0 aliphatic carbocycles. The Bertz CT molecular complexity index is 529. The summed E-state index contributed by atoms with van der Waals surface area (Å²) in [7, 11) is 0. The highest BCUT2D eigenvalue weighted by Crippen LogP contribution is 2.32. The molecule has 1 aromatic carbocycles. The highest BCUT2D eigenvalue weighted by Gasteiger charge is 2.27. The number of aliphatic hydroxyl groups is 2. The summed E-state index contributed by atoms with van der Waals surface area (Å²) in [4.78, 5) is 11.9. The first-order chi connectivity index (χ1) is 10.1. The fraction of sp³-hybridized carbons (Fsp3) is 0.400. The second-order valence-corrected chi connectivity index (χ2v) is 4.89. The van der Waals surface area contributed by atoms with Crippen molar-refractivity contribution in [2.24, 2.45) is 0 Å². The van der Waals surface area contributed by atoms with Crippen molar-refractivity contribution in [2.75, 3.05) is 20.0 Å². The summed E-state index contributed by atoms with van der Waals surface area (Å²) in [5.74, 6) is 0.950. The van der Waals surface area contributed by atoms with E-state index in [0.29, 0.717) is 17.9 Å². The van der Waals surface area contributed by atoms with Gasteiger partial charge in [-0.05, 0) is 30.2 Å². The third-order valence-corrected chi connectivity index (χ3v) is 3.49. The minimum atomic E-state index is -0.990. The SMILES string of the molecule is CCC(CO)(CO)NC(=O)/C=C/c1ccc2c(c1)OCO2. The van der Waals surface area contributed by atoms with Gasteiger partial charge in [-0.2, -0.15) is 0 Å². The van der Waals surface area contributed by atoms with E-state index in [0.717, 1.165) is 5.56 Å². The zero-order chi connectivity index (χ0) is 15.3. The number of amides is 1. The van der Waals surface area contributed by atoms with Crippen molar-refractivity contribution in [1.82, 2.24) is 5.32 Å². The molecular weight excluding hydrogens is 274 g/mol. The number of benzene rings is 1. The van der Waals surface area contributed by atoms with Crippen molar-refractivity contribution < 1.29 is 24.5 Å². The highest BCUT2D eigenvalue weighted by atomic mass is 16.7. The first-order valence-electron chi connectivity index (χ1n) is 6.74. The normalized spacial score (nSPS) is 13.7. The predicted octanol–water partition coefficient (Wildman–Crippen LogP) is 0.678. The molecule has 21 heavy (non-hydrogen) atoms. The predicted molar refractivity (Wildman–Crippen MR) is 76.9 cm³/mol. The molecule has 0 aromatic heterocycles. The number of hydrogen-bond acceptors (Lipinski definition) is 5. The minimum absolute atomic E-state index is 0.203. The van der Waals surface area contributed by atoms with E-state index in [9.17, 15) is 15.0 Å². The summed E-state index contributed by atoms with van der Waals surface area (Å²) in [5.41, 5.74) is -0.194. The molecule has 114 valence electrons. The van der Waals surface area contributed by atoms with Crippen molar-refractivity contribution in [3.8, 4) is 11.5 Å². The molecule has 0 saturated carbocycles. The molecule has 1 amide bonds. The lowest BCUT2D eigenvalue weighted by molar-refractivity contribution is -0.119. The van der Waals surface area contributed by atoms with Gasteiger partial charge < -0.3 is 25.0 Å². The van der Waals surface area contributed by atoms with Gasteiger partial charge in [-0.25, -0.2) is 0 Å². The van der Waals surface area contributed by atoms with Gasteiger partial charge in [-0.1, -0.05) is 13.0 Å². The van der Waals surface area contributed by atoms with E-state index < -0.39 is 5.54 Å². The van der Waals surface area contributed by atoms with Crippen molar-refractivity contribution in [3.05, 3.63) is 29.8 Å². The minimum Gasteiger partial charge on any atom is -0.454 e. The van der Waals surface area contributed by atoms with Crippen LogP contribution in [0.3, 0.4) is 0 Å². The molecular formula is C15H19NO5. The number of hydrogen-bond donors (Lipinski definition) is 3. The van der Waals surface area contributed by atoms with Crippen LogP contribution >= 0.6 is 0 Å². The number of ether oxygens (including phenoxy) is 2. The molecule has 1 aliphatic heterocycles. The monoisotopic (exact) mass is 293 g/mol. The van der Waals surface area contributed by atoms with E-state index >= 15 is 0 Å². The zero-order valence-corrected chi connectivity index (χ0v) is 11.8. The highest BCUT2D eigenvalue weighted by molar-refractivity contribution is 5.92. The van der Waals surface area contributed by atoms with Crippen molar-refractivity contribution in [1.29, 1.82) is 0 Å². The molecule has 0 saturated heterocycles. The van der Waals surface area contributed by atoms with Crippen molar-refractivity contribution in [2.45, 2.75) is 18.9 Å². The van der Waals surface area contributed by atoms with Crippen LogP contribution in [-0.4, -0.2) is 41.7 Å². The Morgan fingerprint density at radius 3 is 2.71 bits per heavy atom. The van der Waals surface area contributed by atoms with Crippen molar-refractivity contribution >= 4 is 12.0 Å². The Balaban J connectivity index is 2.02. The number of aliphatic hydroxyl groups excluding tert-OH is 2. The second-order valence-electron chi connectivity index (χ2n) is 4.89. The fourth-order valence-corrected chi connectivity index (χ4v) is 1.93. The molecule has 2 rings (SSSR count). The van der Waals surface area contributed by atoms with Crippen LogP contribution in [0.15, 0.2) is 24.3 Å².